The molecule has 0 radical (unpaired) electrons. The molecule has 1 aromatic heterocycles. The van der Waals surface area contributed by atoms with Crippen LogP contribution in [0.2, 0.25) is 5.02 Å². The van der Waals surface area contributed by atoms with Crippen LogP contribution in [0.25, 0.3) is 0 Å². The van der Waals surface area contributed by atoms with Gasteiger partial charge in [0.2, 0.25) is 0 Å². The lowest BCUT2D eigenvalue weighted by Crippen LogP contribution is -2.20. The first-order chi connectivity index (χ1) is 13.1. The average molecular weight is 413 g/mol. The van der Waals surface area contributed by atoms with Crippen LogP contribution in [0.15, 0.2) is 43.0 Å². The minimum absolute atomic E-state index is 0.344. The predicted octanol–water partition coefficient (Wildman–Crippen LogP) is 6.53. The molecular weight excluding hydrogens is 387 g/mol. The lowest BCUT2D eigenvalue weighted by Gasteiger charge is -2.23. The van der Waals surface area contributed by atoms with Gasteiger partial charge in [-0.15, -0.1) is 0 Å². The number of unbranched alkanes of at least 4 members (excludes halogenated alkanes) is 5. The van der Waals surface area contributed by atoms with Crippen LogP contribution in [0.4, 0.5) is 4.79 Å². The molecule has 5 nitrogen and oxygen atoms in total. The predicted molar refractivity (Wildman–Crippen MR) is 107 cm³/mol. The maximum atomic E-state index is 12.1. The van der Waals surface area contributed by atoms with Crippen LogP contribution in [0, 0.1) is 0 Å². The van der Waals surface area contributed by atoms with Crippen LogP contribution >= 0.6 is 23.2 Å². The molecule has 2 aromatic rings. The average Bonchev–Trinajstić information content (AvgIpc) is 3.20. The highest BCUT2D eigenvalue weighted by Crippen LogP contribution is 2.34. The van der Waals surface area contributed by atoms with Gasteiger partial charge >= 0.3 is 6.16 Å². The first kappa shape index (κ1) is 21.6. The summed E-state index contributed by atoms with van der Waals surface area (Å²) in [5, 5.41) is 0.594. The number of alkyl halides is 1. The van der Waals surface area contributed by atoms with E-state index in [1.807, 2.05) is 0 Å². The number of nitrogens with zero attached hydrogens (tertiary/aromatic N) is 2. The topological polar surface area (TPSA) is 53.4 Å². The summed E-state index contributed by atoms with van der Waals surface area (Å²) in [4.78, 5) is 16.1. The van der Waals surface area contributed by atoms with E-state index < -0.39 is 17.8 Å². The SMILES string of the molecule is CCCCCCCCOC(=O)OC(c1ccc(Cl)cc1)C(Cl)n1ccnc1. The zero-order chi connectivity index (χ0) is 19.5. The standard InChI is InChI=1S/C20H26Cl2N2O3/c1-2-3-4-5-6-7-14-26-20(25)27-18(16-8-10-17(21)11-9-16)19(22)24-13-12-23-15-24/h8-13,15,18-19H,2-7,14H2,1H3. The van der Waals surface area contributed by atoms with Crippen LogP contribution < -0.4 is 0 Å². The Balaban J connectivity index is 1.90. The molecule has 1 heterocycles. The summed E-state index contributed by atoms with van der Waals surface area (Å²) >= 11 is 12.5. The van der Waals surface area contributed by atoms with Crippen molar-refractivity contribution in [3.8, 4) is 0 Å². The van der Waals surface area contributed by atoms with Crippen molar-refractivity contribution in [2.45, 2.75) is 57.1 Å². The Hall–Kier alpha value is -1.72. The number of rotatable bonds is 11. The Morgan fingerprint density at radius 1 is 1.15 bits per heavy atom. The minimum atomic E-state index is -0.728. The molecule has 0 spiro atoms. The molecular formula is C20H26Cl2N2O3. The summed E-state index contributed by atoms with van der Waals surface area (Å²) in [6.07, 6.45) is 10.2. The molecule has 2 unspecified atom stereocenters. The van der Waals surface area contributed by atoms with E-state index in [0.717, 1.165) is 24.8 Å². The Morgan fingerprint density at radius 3 is 2.52 bits per heavy atom. The fourth-order valence-electron chi connectivity index (χ4n) is 2.68. The molecule has 0 saturated heterocycles. The number of hydrogen-bond donors (Lipinski definition) is 0. The Bertz CT molecular complexity index is 662. The number of halogens is 2. The summed E-state index contributed by atoms with van der Waals surface area (Å²) < 4.78 is 12.4. The van der Waals surface area contributed by atoms with E-state index in [-0.39, 0.29) is 0 Å². The van der Waals surface area contributed by atoms with Gasteiger partial charge in [0, 0.05) is 17.4 Å². The van der Waals surface area contributed by atoms with Gasteiger partial charge in [-0.2, -0.15) is 0 Å². The van der Waals surface area contributed by atoms with Crippen molar-refractivity contribution in [1.82, 2.24) is 9.55 Å². The Morgan fingerprint density at radius 2 is 1.85 bits per heavy atom. The normalized spacial score (nSPS) is 13.1. The van der Waals surface area contributed by atoms with Gasteiger partial charge in [0.05, 0.1) is 12.9 Å². The number of aromatic nitrogens is 2. The Kier molecular flexibility index (Phi) is 9.50. The van der Waals surface area contributed by atoms with Gasteiger partial charge in [0.25, 0.3) is 0 Å². The van der Waals surface area contributed by atoms with Gasteiger partial charge in [-0.25, -0.2) is 9.78 Å². The maximum absolute atomic E-state index is 12.1. The van der Waals surface area contributed by atoms with E-state index in [1.165, 1.54) is 19.3 Å². The number of ether oxygens (including phenoxy) is 2. The van der Waals surface area contributed by atoms with Crippen molar-refractivity contribution >= 4 is 29.4 Å². The molecule has 148 valence electrons. The Labute approximate surface area is 170 Å². The molecule has 0 aliphatic rings. The highest BCUT2D eigenvalue weighted by molar-refractivity contribution is 6.30. The monoisotopic (exact) mass is 412 g/mol. The van der Waals surface area contributed by atoms with Crippen molar-refractivity contribution in [2.24, 2.45) is 0 Å². The van der Waals surface area contributed by atoms with Crippen LogP contribution in [-0.2, 0) is 9.47 Å². The number of carbonyl (C=O) groups excluding carboxylic acids is 1. The quantitative estimate of drug-likeness (QED) is 0.239. The molecule has 0 saturated carbocycles. The first-order valence-corrected chi connectivity index (χ1v) is 10.1. The number of hydrogen-bond acceptors (Lipinski definition) is 4. The first-order valence-electron chi connectivity index (χ1n) is 9.32. The zero-order valence-corrected chi connectivity index (χ0v) is 17.0. The molecule has 7 heteroatoms. The molecule has 1 aromatic carbocycles. The summed E-state index contributed by atoms with van der Waals surface area (Å²) in [6, 6.07) is 7.01. The second kappa shape index (κ2) is 11.9. The molecule has 0 amide bonds. The fraction of sp³-hybridized carbons (Fsp3) is 0.500. The maximum Gasteiger partial charge on any atom is 0.509 e. The van der Waals surface area contributed by atoms with Gasteiger partial charge in [-0.1, -0.05) is 74.4 Å². The second-order valence-corrected chi connectivity index (χ2v) is 7.22. The lowest BCUT2D eigenvalue weighted by atomic mass is 10.1. The van der Waals surface area contributed by atoms with Crippen LogP contribution in [0.1, 0.15) is 62.6 Å². The van der Waals surface area contributed by atoms with Crippen LogP contribution in [0.5, 0.6) is 0 Å². The summed E-state index contributed by atoms with van der Waals surface area (Å²) in [5.41, 5.74) is 0.0693. The molecule has 27 heavy (non-hydrogen) atoms. The van der Waals surface area contributed by atoms with E-state index in [0.29, 0.717) is 11.6 Å². The number of carbonyl (C=O) groups is 1. The van der Waals surface area contributed by atoms with Crippen molar-refractivity contribution in [2.75, 3.05) is 6.61 Å². The molecule has 0 aliphatic heterocycles. The van der Waals surface area contributed by atoms with Crippen molar-refractivity contribution in [1.29, 1.82) is 0 Å². The van der Waals surface area contributed by atoms with Crippen LogP contribution in [-0.4, -0.2) is 22.3 Å². The molecule has 2 rings (SSSR count). The number of imidazole rings is 1. The van der Waals surface area contributed by atoms with E-state index in [2.05, 4.69) is 11.9 Å². The number of benzene rings is 1. The summed E-state index contributed by atoms with van der Waals surface area (Å²) in [6.45, 7) is 2.53. The van der Waals surface area contributed by atoms with E-state index in [4.69, 9.17) is 32.7 Å². The third kappa shape index (κ3) is 7.43. The fourth-order valence-corrected chi connectivity index (χ4v) is 3.12. The largest absolute Gasteiger partial charge is 0.509 e. The van der Waals surface area contributed by atoms with E-state index in [9.17, 15) is 4.79 Å². The van der Waals surface area contributed by atoms with E-state index >= 15 is 0 Å². The molecule has 0 fully saturated rings. The van der Waals surface area contributed by atoms with Gasteiger partial charge < -0.3 is 14.0 Å². The third-order valence-corrected chi connectivity index (χ3v) is 4.91. The smallest absolute Gasteiger partial charge is 0.434 e. The summed E-state index contributed by atoms with van der Waals surface area (Å²) in [7, 11) is 0. The van der Waals surface area contributed by atoms with Gasteiger partial charge in [-0.3, -0.25) is 0 Å². The zero-order valence-electron chi connectivity index (χ0n) is 15.5. The second-order valence-electron chi connectivity index (χ2n) is 6.34. The van der Waals surface area contributed by atoms with Gasteiger partial charge in [-0.05, 0) is 24.1 Å². The van der Waals surface area contributed by atoms with Gasteiger partial charge in [0.15, 0.2) is 11.6 Å². The minimum Gasteiger partial charge on any atom is -0.434 e. The molecule has 0 N–H and O–H groups in total. The summed E-state index contributed by atoms with van der Waals surface area (Å²) in [5.74, 6) is 0. The van der Waals surface area contributed by atoms with E-state index in [1.54, 1.807) is 47.6 Å². The van der Waals surface area contributed by atoms with Crippen molar-refractivity contribution in [3.63, 3.8) is 0 Å². The highest BCUT2D eigenvalue weighted by Gasteiger charge is 2.27. The van der Waals surface area contributed by atoms with Crippen molar-refractivity contribution in [3.05, 3.63) is 53.6 Å². The highest BCUT2D eigenvalue weighted by atomic mass is 35.5. The lowest BCUT2D eigenvalue weighted by molar-refractivity contribution is 0.0138. The van der Waals surface area contributed by atoms with Crippen molar-refractivity contribution < 1.29 is 14.3 Å². The molecule has 2 atom stereocenters. The third-order valence-electron chi connectivity index (χ3n) is 4.20. The van der Waals surface area contributed by atoms with Crippen LogP contribution in [0.3, 0.4) is 0 Å². The molecule has 0 bridgehead atoms. The van der Waals surface area contributed by atoms with Gasteiger partial charge in [0.1, 0.15) is 0 Å². The molecule has 0 aliphatic carbocycles.